The Bertz CT molecular complexity index is 816. The van der Waals surface area contributed by atoms with Crippen LogP contribution in [0.5, 0.6) is 0 Å². The van der Waals surface area contributed by atoms with Crippen molar-refractivity contribution < 1.29 is 0 Å². The molecule has 0 saturated heterocycles. The van der Waals surface area contributed by atoms with E-state index < -0.39 is 0 Å². The molecule has 4 heteroatoms. The maximum atomic E-state index is 4.70. The molecular weight excluding hydrogens is 498 g/mol. The summed E-state index contributed by atoms with van der Waals surface area (Å²) in [7, 11) is 0. The van der Waals surface area contributed by atoms with E-state index >= 15 is 0 Å². The molecule has 0 atom stereocenters. The van der Waals surface area contributed by atoms with Gasteiger partial charge in [-0.25, -0.2) is 4.99 Å². The van der Waals surface area contributed by atoms with E-state index in [9.17, 15) is 0 Å². The Labute approximate surface area is 158 Å². The fraction of sp³-hybridized carbons (Fsp3) is 0.167. The number of aromatic nitrogens is 1. The molecule has 3 rings (SSSR count). The summed E-state index contributed by atoms with van der Waals surface area (Å²) in [6.07, 6.45) is 4.16. The van der Waals surface area contributed by atoms with Crippen LogP contribution >= 0.6 is 45.2 Å². The number of hydrogen-bond donors (Lipinski definition) is 1. The summed E-state index contributed by atoms with van der Waals surface area (Å²) in [5, 5.41) is 0. The number of hydrogen-bond acceptors (Lipinski definition) is 1. The standard InChI is InChI=1S/C18H16I2N2/c1-10-8-11(2)17(12(3)9-10)18(13-4-6-15(19)21-13)14-5-7-16(20)22-14/h4-9,21H,1-3H3/b18-14-. The highest BCUT2D eigenvalue weighted by Gasteiger charge is 2.18. The van der Waals surface area contributed by atoms with Gasteiger partial charge in [0.15, 0.2) is 0 Å². The third-order valence-electron chi connectivity index (χ3n) is 3.71. The van der Waals surface area contributed by atoms with E-state index in [1.807, 2.05) is 0 Å². The molecule has 2 nitrogen and oxygen atoms in total. The number of H-pyrrole nitrogens is 1. The molecule has 1 N–H and O–H groups in total. The smallest absolute Gasteiger partial charge is 0.102 e. The van der Waals surface area contributed by atoms with Gasteiger partial charge in [0, 0.05) is 11.3 Å². The number of aromatic amines is 1. The summed E-state index contributed by atoms with van der Waals surface area (Å²) in [6.45, 7) is 6.50. The zero-order valence-corrected chi connectivity index (χ0v) is 17.0. The Morgan fingerprint density at radius 2 is 1.68 bits per heavy atom. The van der Waals surface area contributed by atoms with Crippen molar-refractivity contribution in [2.24, 2.45) is 4.99 Å². The van der Waals surface area contributed by atoms with Crippen LogP contribution in [0.3, 0.4) is 0 Å². The molecule has 112 valence electrons. The van der Waals surface area contributed by atoms with Crippen LogP contribution < -0.4 is 0 Å². The van der Waals surface area contributed by atoms with Crippen molar-refractivity contribution in [3.8, 4) is 0 Å². The Balaban J connectivity index is 2.31. The number of nitrogens with zero attached hydrogens (tertiary/aromatic N) is 1. The molecule has 2 aromatic rings. The predicted molar refractivity (Wildman–Crippen MR) is 111 cm³/mol. The molecule has 0 saturated carbocycles. The second-order valence-corrected chi connectivity index (χ2v) is 7.79. The van der Waals surface area contributed by atoms with Crippen LogP contribution in [0, 0.1) is 24.5 Å². The first-order valence-corrected chi connectivity index (χ1v) is 9.21. The number of allylic oxidation sites excluding steroid dienone is 2. The zero-order chi connectivity index (χ0) is 15.9. The average Bonchev–Trinajstić information content (AvgIpc) is 3.02. The summed E-state index contributed by atoms with van der Waals surface area (Å²) in [5.41, 5.74) is 8.47. The molecule has 0 unspecified atom stereocenters. The molecule has 0 radical (unpaired) electrons. The highest BCUT2D eigenvalue weighted by molar-refractivity contribution is 14.1. The van der Waals surface area contributed by atoms with Gasteiger partial charge in [-0.15, -0.1) is 0 Å². The predicted octanol–water partition coefficient (Wildman–Crippen LogP) is 5.71. The van der Waals surface area contributed by atoms with Crippen molar-refractivity contribution in [2.45, 2.75) is 20.8 Å². The molecule has 0 amide bonds. The first-order valence-electron chi connectivity index (χ1n) is 7.05. The molecule has 1 aliphatic heterocycles. The maximum Gasteiger partial charge on any atom is 0.102 e. The molecule has 2 heterocycles. The van der Waals surface area contributed by atoms with Gasteiger partial charge in [-0.05, 0) is 107 Å². The topological polar surface area (TPSA) is 28.1 Å². The summed E-state index contributed by atoms with van der Waals surface area (Å²) in [6, 6.07) is 8.72. The van der Waals surface area contributed by atoms with E-state index in [0.29, 0.717) is 0 Å². The van der Waals surface area contributed by atoms with Crippen molar-refractivity contribution in [3.63, 3.8) is 0 Å². The van der Waals surface area contributed by atoms with E-state index in [4.69, 9.17) is 4.99 Å². The normalized spacial score (nSPS) is 16.1. The van der Waals surface area contributed by atoms with Crippen LogP contribution in [0.15, 0.2) is 47.1 Å². The summed E-state index contributed by atoms with van der Waals surface area (Å²) < 4.78 is 2.16. The van der Waals surface area contributed by atoms with Crippen LogP contribution in [0.2, 0.25) is 0 Å². The lowest BCUT2D eigenvalue weighted by Crippen LogP contribution is -1.99. The Morgan fingerprint density at radius 1 is 1.00 bits per heavy atom. The number of benzene rings is 1. The Hall–Kier alpha value is -0.890. The maximum absolute atomic E-state index is 4.70. The van der Waals surface area contributed by atoms with Crippen molar-refractivity contribution in [3.05, 3.63) is 73.8 Å². The van der Waals surface area contributed by atoms with E-state index in [2.05, 4.69) is 107 Å². The van der Waals surface area contributed by atoms with E-state index in [0.717, 1.165) is 18.8 Å². The third kappa shape index (κ3) is 3.08. The molecule has 0 bridgehead atoms. The molecule has 1 aromatic heterocycles. The van der Waals surface area contributed by atoms with Gasteiger partial charge in [0.2, 0.25) is 0 Å². The van der Waals surface area contributed by atoms with Gasteiger partial charge in [0.05, 0.1) is 9.40 Å². The minimum atomic E-state index is 1.02. The van der Waals surface area contributed by atoms with Gasteiger partial charge in [-0.2, -0.15) is 0 Å². The molecule has 0 spiro atoms. The Kier molecular flexibility index (Phi) is 4.59. The van der Waals surface area contributed by atoms with Gasteiger partial charge < -0.3 is 4.98 Å². The van der Waals surface area contributed by atoms with Gasteiger partial charge >= 0.3 is 0 Å². The van der Waals surface area contributed by atoms with Crippen molar-refractivity contribution in [1.29, 1.82) is 0 Å². The van der Waals surface area contributed by atoms with Crippen molar-refractivity contribution in [1.82, 2.24) is 4.98 Å². The van der Waals surface area contributed by atoms with Gasteiger partial charge in [-0.1, -0.05) is 17.7 Å². The molecule has 0 aliphatic carbocycles. The Morgan fingerprint density at radius 3 is 2.18 bits per heavy atom. The van der Waals surface area contributed by atoms with E-state index in [1.165, 1.54) is 27.8 Å². The lowest BCUT2D eigenvalue weighted by atomic mass is 9.91. The number of rotatable bonds is 2. The highest BCUT2D eigenvalue weighted by atomic mass is 127. The number of aliphatic imine (C=N–C) groups is 1. The zero-order valence-electron chi connectivity index (χ0n) is 12.7. The number of halogens is 2. The first-order chi connectivity index (χ1) is 10.5. The minimum absolute atomic E-state index is 1.02. The molecule has 0 fully saturated rings. The van der Waals surface area contributed by atoms with Crippen molar-refractivity contribution in [2.75, 3.05) is 0 Å². The molecule has 22 heavy (non-hydrogen) atoms. The highest BCUT2D eigenvalue weighted by Crippen LogP contribution is 2.34. The van der Waals surface area contributed by atoms with Crippen LogP contribution in [0.4, 0.5) is 0 Å². The SMILES string of the molecule is Cc1cc(C)c(/C(=C2/C=CC(I)=N2)c2ccc(I)[nH]2)c(C)c1. The van der Waals surface area contributed by atoms with Crippen LogP contribution in [0.25, 0.3) is 5.57 Å². The lowest BCUT2D eigenvalue weighted by Gasteiger charge is -2.15. The molecule has 1 aliphatic rings. The quantitative estimate of drug-likeness (QED) is 0.498. The lowest BCUT2D eigenvalue weighted by molar-refractivity contribution is 1.24. The largest absolute Gasteiger partial charge is 0.350 e. The minimum Gasteiger partial charge on any atom is -0.350 e. The van der Waals surface area contributed by atoms with Gasteiger partial charge in [0.25, 0.3) is 0 Å². The first kappa shape index (κ1) is 16.0. The van der Waals surface area contributed by atoms with Crippen LogP contribution in [0.1, 0.15) is 27.9 Å². The number of nitrogens with one attached hydrogen (secondary N) is 1. The van der Waals surface area contributed by atoms with E-state index in [-0.39, 0.29) is 0 Å². The third-order valence-corrected chi connectivity index (χ3v) is 4.94. The fourth-order valence-electron chi connectivity index (χ4n) is 2.97. The summed E-state index contributed by atoms with van der Waals surface area (Å²) in [4.78, 5) is 8.16. The number of aryl methyl sites for hydroxylation is 3. The monoisotopic (exact) mass is 514 g/mol. The average molecular weight is 514 g/mol. The summed E-state index contributed by atoms with van der Waals surface area (Å²) >= 11 is 4.57. The van der Waals surface area contributed by atoms with Crippen molar-refractivity contribution >= 4 is 54.5 Å². The second kappa shape index (κ2) is 6.31. The van der Waals surface area contributed by atoms with E-state index in [1.54, 1.807) is 0 Å². The molecular formula is C18H16I2N2. The van der Waals surface area contributed by atoms with Gasteiger partial charge in [0.1, 0.15) is 3.72 Å². The van der Waals surface area contributed by atoms with Crippen LogP contribution in [-0.4, -0.2) is 8.70 Å². The van der Waals surface area contributed by atoms with Gasteiger partial charge in [-0.3, -0.25) is 0 Å². The second-order valence-electron chi connectivity index (χ2n) is 5.52. The summed E-state index contributed by atoms with van der Waals surface area (Å²) in [5.74, 6) is 0. The van der Waals surface area contributed by atoms with Crippen LogP contribution in [-0.2, 0) is 0 Å². The molecule has 1 aromatic carbocycles. The fourth-order valence-corrected chi connectivity index (χ4v) is 3.88.